The second-order valence-electron chi connectivity index (χ2n) is 8.67. The molecule has 0 aliphatic carbocycles. The molecule has 4 rings (SSSR count). The number of carbonyl (C=O) groups is 1. The number of hydrogen-bond donors (Lipinski definition) is 1. The third-order valence-electron chi connectivity index (χ3n) is 5.83. The normalized spacial score (nSPS) is 14.5. The first-order valence-electron chi connectivity index (χ1n) is 11.7. The Morgan fingerprint density at radius 2 is 1.63 bits per heavy atom. The average molecular weight is 481 g/mol. The highest BCUT2D eigenvalue weighted by Gasteiger charge is 2.25. The fraction of sp³-hybridized carbons (Fsp3) is 0.440. The van der Waals surface area contributed by atoms with E-state index in [4.69, 9.17) is 14.2 Å². The molecule has 10 heteroatoms. The number of likely N-dealkylation sites (tertiary alicyclic amines) is 1. The summed E-state index contributed by atoms with van der Waals surface area (Å²) in [7, 11) is 3.23. The van der Waals surface area contributed by atoms with E-state index in [0.717, 1.165) is 43.0 Å². The number of ether oxygens (including phenoxy) is 3. The number of aromatic nitrogens is 4. The van der Waals surface area contributed by atoms with Crippen LogP contribution in [0.15, 0.2) is 30.3 Å². The number of piperidine rings is 1. The van der Waals surface area contributed by atoms with E-state index in [1.807, 2.05) is 51.1 Å². The van der Waals surface area contributed by atoms with Crippen molar-refractivity contribution in [2.75, 3.05) is 39.2 Å². The minimum absolute atomic E-state index is 0.0188. The zero-order valence-corrected chi connectivity index (χ0v) is 20.9. The third kappa shape index (κ3) is 5.89. The molecule has 1 amide bonds. The molecular formula is C25H32N6O4. The van der Waals surface area contributed by atoms with Crippen molar-refractivity contribution in [2.45, 2.75) is 39.7 Å². The highest BCUT2D eigenvalue weighted by Crippen LogP contribution is 2.38. The second kappa shape index (κ2) is 10.7. The van der Waals surface area contributed by atoms with E-state index in [1.165, 1.54) is 0 Å². The molecule has 3 aromatic rings. The number of para-hydroxylation sites is 1. The van der Waals surface area contributed by atoms with Gasteiger partial charge in [-0.3, -0.25) is 9.69 Å². The molecule has 0 bridgehead atoms. The molecule has 35 heavy (non-hydrogen) atoms. The van der Waals surface area contributed by atoms with Crippen LogP contribution in [0.5, 0.6) is 17.2 Å². The van der Waals surface area contributed by atoms with Crippen LogP contribution >= 0.6 is 0 Å². The van der Waals surface area contributed by atoms with Gasteiger partial charge in [0.2, 0.25) is 11.7 Å². The first kappa shape index (κ1) is 24.5. The Morgan fingerprint density at radius 1 is 1.00 bits per heavy atom. The minimum atomic E-state index is -0.110. The molecule has 1 aromatic carbocycles. The fourth-order valence-electron chi connectivity index (χ4n) is 4.21. The Kier molecular flexibility index (Phi) is 7.50. The van der Waals surface area contributed by atoms with Crippen molar-refractivity contribution < 1.29 is 19.0 Å². The predicted molar refractivity (Wildman–Crippen MR) is 132 cm³/mol. The summed E-state index contributed by atoms with van der Waals surface area (Å²) in [6, 6.07) is 9.29. The van der Waals surface area contributed by atoms with Gasteiger partial charge in [-0.25, -0.2) is 9.97 Å². The SMILES string of the molecule is COc1cccc(OC)c1OC1CCN(CC(=O)Nc2cc(C)nn2-c2nc(C)cc(C)n2)CC1. The van der Waals surface area contributed by atoms with Gasteiger partial charge in [-0.15, -0.1) is 0 Å². The Morgan fingerprint density at radius 3 is 2.23 bits per heavy atom. The molecule has 1 N–H and O–H groups in total. The number of amides is 1. The van der Waals surface area contributed by atoms with E-state index >= 15 is 0 Å². The lowest BCUT2D eigenvalue weighted by molar-refractivity contribution is -0.117. The van der Waals surface area contributed by atoms with Crippen LogP contribution in [-0.4, -0.2) is 70.5 Å². The highest BCUT2D eigenvalue weighted by atomic mass is 16.5. The van der Waals surface area contributed by atoms with Crippen LogP contribution in [0.2, 0.25) is 0 Å². The van der Waals surface area contributed by atoms with Crippen LogP contribution in [0.25, 0.3) is 5.95 Å². The highest BCUT2D eigenvalue weighted by molar-refractivity contribution is 5.91. The van der Waals surface area contributed by atoms with Crippen LogP contribution in [0.4, 0.5) is 5.82 Å². The number of nitrogens with one attached hydrogen (secondary N) is 1. The maximum Gasteiger partial charge on any atom is 0.252 e. The van der Waals surface area contributed by atoms with Gasteiger partial charge in [0.25, 0.3) is 5.95 Å². The summed E-state index contributed by atoms with van der Waals surface area (Å²) in [5.41, 5.74) is 2.45. The summed E-state index contributed by atoms with van der Waals surface area (Å²) in [6.07, 6.45) is 1.61. The van der Waals surface area contributed by atoms with Gasteiger partial charge in [0.1, 0.15) is 11.9 Å². The van der Waals surface area contributed by atoms with Crippen molar-refractivity contribution in [1.82, 2.24) is 24.6 Å². The van der Waals surface area contributed by atoms with Crippen LogP contribution < -0.4 is 19.5 Å². The van der Waals surface area contributed by atoms with Crippen molar-refractivity contribution >= 4 is 11.7 Å². The molecule has 10 nitrogen and oxygen atoms in total. The molecule has 0 saturated carbocycles. The Labute approximate surface area is 205 Å². The standard InChI is InChI=1S/C25H32N6O4/c1-16-13-17(2)27-25(26-16)31-22(14-18(3)29-31)28-23(32)15-30-11-9-19(10-12-30)35-24-20(33-4)7-6-8-21(24)34-5/h6-8,13-14,19H,9-12,15H2,1-5H3,(H,28,32). The molecule has 0 radical (unpaired) electrons. The van der Waals surface area contributed by atoms with Crippen molar-refractivity contribution in [3.63, 3.8) is 0 Å². The molecule has 1 aliphatic rings. The fourth-order valence-corrected chi connectivity index (χ4v) is 4.21. The van der Waals surface area contributed by atoms with E-state index < -0.39 is 0 Å². The lowest BCUT2D eigenvalue weighted by atomic mass is 10.1. The first-order valence-corrected chi connectivity index (χ1v) is 11.7. The lowest BCUT2D eigenvalue weighted by Gasteiger charge is -2.32. The van der Waals surface area contributed by atoms with Gasteiger partial charge in [0.15, 0.2) is 11.5 Å². The van der Waals surface area contributed by atoms with Crippen LogP contribution in [0.3, 0.4) is 0 Å². The van der Waals surface area contributed by atoms with Crippen molar-refractivity contribution in [3.05, 3.63) is 47.4 Å². The number of anilines is 1. The number of methoxy groups -OCH3 is 2. The molecule has 0 atom stereocenters. The minimum Gasteiger partial charge on any atom is -0.493 e. The summed E-state index contributed by atoms with van der Waals surface area (Å²) in [5.74, 6) is 2.79. The maximum atomic E-state index is 12.8. The number of nitrogens with zero attached hydrogens (tertiary/aromatic N) is 5. The lowest BCUT2D eigenvalue weighted by Crippen LogP contribution is -2.42. The molecular weight excluding hydrogens is 448 g/mol. The molecule has 186 valence electrons. The third-order valence-corrected chi connectivity index (χ3v) is 5.83. The Bertz CT molecular complexity index is 1140. The molecule has 1 aliphatic heterocycles. The summed E-state index contributed by atoms with van der Waals surface area (Å²) in [6.45, 7) is 7.45. The Balaban J connectivity index is 1.35. The number of rotatable bonds is 8. The van der Waals surface area contributed by atoms with Crippen molar-refractivity contribution in [3.8, 4) is 23.2 Å². The smallest absolute Gasteiger partial charge is 0.252 e. The summed E-state index contributed by atoms with van der Waals surface area (Å²) in [5, 5.41) is 7.44. The summed E-state index contributed by atoms with van der Waals surface area (Å²) in [4.78, 5) is 23.9. The zero-order valence-electron chi connectivity index (χ0n) is 20.9. The van der Waals surface area contributed by atoms with Gasteiger partial charge in [-0.1, -0.05) is 6.07 Å². The number of benzene rings is 1. The molecule has 1 fully saturated rings. The van der Waals surface area contributed by atoms with Gasteiger partial charge in [-0.05, 0) is 51.8 Å². The van der Waals surface area contributed by atoms with Gasteiger partial charge in [-0.2, -0.15) is 9.78 Å². The van der Waals surface area contributed by atoms with Crippen LogP contribution in [-0.2, 0) is 4.79 Å². The van der Waals surface area contributed by atoms with Gasteiger partial charge < -0.3 is 19.5 Å². The molecule has 0 spiro atoms. The van der Waals surface area contributed by atoms with Crippen molar-refractivity contribution in [1.29, 1.82) is 0 Å². The topological polar surface area (TPSA) is 104 Å². The van der Waals surface area contributed by atoms with E-state index in [1.54, 1.807) is 18.9 Å². The maximum absolute atomic E-state index is 12.8. The average Bonchev–Trinajstić information content (AvgIpc) is 3.19. The monoisotopic (exact) mass is 480 g/mol. The number of aryl methyl sites for hydroxylation is 3. The number of carbonyl (C=O) groups excluding carboxylic acids is 1. The summed E-state index contributed by atoms with van der Waals surface area (Å²) < 4.78 is 18.7. The largest absolute Gasteiger partial charge is 0.493 e. The molecule has 2 aromatic heterocycles. The van der Waals surface area contributed by atoms with Crippen LogP contribution in [0, 0.1) is 20.8 Å². The van der Waals surface area contributed by atoms with E-state index in [9.17, 15) is 4.79 Å². The molecule has 3 heterocycles. The Hall–Kier alpha value is -3.66. The van der Waals surface area contributed by atoms with Crippen LogP contribution in [0.1, 0.15) is 29.9 Å². The predicted octanol–water partition coefficient (Wildman–Crippen LogP) is 3.09. The van der Waals surface area contributed by atoms with E-state index in [0.29, 0.717) is 29.0 Å². The van der Waals surface area contributed by atoms with E-state index in [-0.39, 0.29) is 18.6 Å². The van der Waals surface area contributed by atoms with Gasteiger partial charge in [0.05, 0.1) is 26.5 Å². The molecule has 0 unspecified atom stereocenters. The van der Waals surface area contributed by atoms with Crippen molar-refractivity contribution in [2.24, 2.45) is 0 Å². The zero-order chi connectivity index (χ0) is 24.9. The first-order chi connectivity index (χ1) is 16.9. The summed E-state index contributed by atoms with van der Waals surface area (Å²) >= 11 is 0. The van der Waals surface area contributed by atoms with E-state index in [2.05, 4.69) is 25.3 Å². The number of hydrogen-bond acceptors (Lipinski definition) is 8. The second-order valence-corrected chi connectivity index (χ2v) is 8.67. The van der Waals surface area contributed by atoms with Gasteiger partial charge >= 0.3 is 0 Å². The molecule has 1 saturated heterocycles. The van der Waals surface area contributed by atoms with Gasteiger partial charge in [0, 0.05) is 30.5 Å². The quantitative estimate of drug-likeness (QED) is 0.525.